The maximum absolute atomic E-state index is 13.0. The Labute approximate surface area is 161 Å². The number of nitrogens with zero attached hydrogens (tertiary/aromatic N) is 3. The fourth-order valence-corrected chi connectivity index (χ4v) is 6.27. The Balaban J connectivity index is 1.50. The molecule has 0 saturated heterocycles. The van der Waals surface area contributed by atoms with Crippen molar-refractivity contribution < 1.29 is 9.59 Å². The van der Waals surface area contributed by atoms with E-state index < -0.39 is 0 Å². The Morgan fingerprint density at radius 2 is 1.93 bits per heavy atom. The van der Waals surface area contributed by atoms with E-state index in [0.29, 0.717) is 41.8 Å². The molecule has 0 aliphatic heterocycles. The highest BCUT2D eigenvalue weighted by Gasteiger charge is 2.57. The van der Waals surface area contributed by atoms with Crippen molar-refractivity contribution in [2.75, 3.05) is 11.9 Å². The summed E-state index contributed by atoms with van der Waals surface area (Å²) in [5.74, 6) is 2.93. The van der Waals surface area contributed by atoms with Gasteiger partial charge in [0.25, 0.3) is 0 Å². The number of carbonyl (C=O) groups excluding carboxylic acids is 2. The second-order valence-electron chi connectivity index (χ2n) is 9.62. The third-order valence-corrected chi connectivity index (χ3v) is 7.69. The Morgan fingerprint density at radius 1 is 1.30 bits per heavy atom. The molecule has 4 aliphatic rings. The van der Waals surface area contributed by atoms with Crippen molar-refractivity contribution in [3.63, 3.8) is 0 Å². The fraction of sp³-hybridized carbons (Fsp3) is 0.762. The van der Waals surface area contributed by atoms with Gasteiger partial charge in [-0.15, -0.1) is 0 Å². The van der Waals surface area contributed by atoms with Gasteiger partial charge in [0.2, 0.25) is 5.91 Å². The third kappa shape index (κ3) is 2.97. The SMILES string of the molecule is CC(C)N(C)c1cc(C(=O)CC2C3CC4CC2CC(C(N)=O)(C4)C3)nn1C. The highest BCUT2D eigenvalue weighted by molar-refractivity contribution is 5.95. The van der Waals surface area contributed by atoms with Gasteiger partial charge >= 0.3 is 0 Å². The number of anilines is 1. The zero-order valence-electron chi connectivity index (χ0n) is 16.9. The number of amides is 1. The number of ketones is 1. The van der Waals surface area contributed by atoms with Crippen LogP contribution in [0.1, 0.15) is 62.9 Å². The molecule has 27 heavy (non-hydrogen) atoms. The summed E-state index contributed by atoms with van der Waals surface area (Å²) in [7, 11) is 3.92. The zero-order chi connectivity index (χ0) is 19.5. The maximum Gasteiger partial charge on any atom is 0.223 e. The van der Waals surface area contributed by atoms with Crippen LogP contribution in [0.5, 0.6) is 0 Å². The van der Waals surface area contributed by atoms with Gasteiger partial charge in [-0.2, -0.15) is 5.10 Å². The molecule has 2 N–H and O–H groups in total. The second-order valence-corrected chi connectivity index (χ2v) is 9.62. The predicted octanol–water partition coefficient (Wildman–Crippen LogP) is 2.77. The number of nitrogens with two attached hydrogens (primary N) is 1. The smallest absolute Gasteiger partial charge is 0.223 e. The van der Waals surface area contributed by atoms with E-state index in [9.17, 15) is 9.59 Å². The van der Waals surface area contributed by atoms with Gasteiger partial charge in [-0.25, -0.2) is 0 Å². The van der Waals surface area contributed by atoms with Gasteiger partial charge in [0.1, 0.15) is 11.5 Å². The summed E-state index contributed by atoms with van der Waals surface area (Å²) < 4.78 is 1.80. The maximum atomic E-state index is 13.0. The zero-order valence-corrected chi connectivity index (χ0v) is 16.9. The van der Waals surface area contributed by atoms with Crippen LogP contribution in [0.15, 0.2) is 6.07 Å². The molecule has 1 aromatic heterocycles. The van der Waals surface area contributed by atoms with Crippen LogP contribution < -0.4 is 10.6 Å². The van der Waals surface area contributed by atoms with Gasteiger partial charge in [-0.3, -0.25) is 14.3 Å². The molecule has 6 heteroatoms. The molecule has 0 aromatic carbocycles. The number of aromatic nitrogens is 2. The minimum atomic E-state index is -0.284. The van der Waals surface area contributed by atoms with Crippen LogP contribution in [0, 0.1) is 29.1 Å². The van der Waals surface area contributed by atoms with E-state index in [1.54, 1.807) is 4.68 Å². The Bertz CT molecular complexity index is 752. The lowest BCUT2D eigenvalue weighted by Crippen LogP contribution is -2.56. The van der Waals surface area contributed by atoms with E-state index in [0.717, 1.165) is 37.9 Å². The molecule has 4 bridgehead atoms. The van der Waals surface area contributed by atoms with E-state index in [2.05, 4.69) is 23.8 Å². The van der Waals surface area contributed by atoms with Crippen LogP contribution in [0.4, 0.5) is 5.82 Å². The first-order chi connectivity index (χ1) is 12.7. The van der Waals surface area contributed by atoms with Gasteiger partial charge in [0, 0.05) is 38.0 Å². The van der Waals surface area contributed by atoms with Gasteiger partial charge in [-0.05, 0) is 69.6 Å². The third-order valence-electron chi connectivity index (χ3n) is 7.69. The van der Waals surface area contributed by atoms with Crippen molar-refractivity contribution in [3.8, 4) is 0 Å². The van der Waals surface area contributed by atoms with Gasteiger partial charge < -0.3 is 10.6 Å². The van der Waals surface area contributed by atoms with Gasteiger partial charge in [-0.1, -0.05) is 0 Å². The molecule has 2 unspecified atom stereocenters. The summed E-state index contributed by atoms with van der Waals surface area (Å²) in [6.07, 6.45) is 5.62. The number of aryl methyl sites for hydroxylation is 1. The minimum absolute atomic E-state index is 0.113. The predicted molar refractivity (Wildman–Crippen MR) is 104 cm³/mol. The van der Waals surface area contributed by atoms with Crippen LogP contribution in [0.2, 0.25) is 0 Å². The summed E-state index contributed by atoms with van der Waals surface area (Å²) >= 11 is 0. The highest BCUT2D eigenvalue weighted by Crippen LogP contribution is 2.62. The molecule has 0 spiro atoms. The molecule has 4 saturated carbocycles. The summed E-state index contributed by atoms with van der Waals surface area (Å²) in [5.41, 5.74) is 6.06. The number of hydrogen-bond donors (Lipinski definition) is 1. The van der Waals surface area contributed by atoms with Crippen molar-refractivity contribution in [2.45, 2.75) is 58.4 Å². The van der Waals surface area contributed by atoms with Gasteiger partial charge in [0.05, 0.1) is 0 Å². The number of primary amides is 1. The Hall–Kier alpha value is -1.85. The lowest BCUT2D eigenvalue weighted by Gasteiger charge is -2.58. The van der Waals surface area contributed by atoms with E-state index in [1.807, 2.05) is 20.2 Å². The first kappa shape index (κ1) is 18.5. The highest BCUT2D eigenvalue weighted by atomic mass is 16.1. The van der Waals surface area contributed by atoms with Gasteiger partial charge in [0.15, 0.2) is 5.78 Å². The number of Topliss-reactive ketones (excluding diaryl/α,β-unsaturated/α-hetero) is 1. The standard InChI is InChI=1S/C21H32N4O2/c1-12(2)24(3)19-8-17(23-25(19)4)18(26)7-16-14-5-13-6-15(16)11-21(9-13,10-14)20(22)27/h8,12-16H,5-7,9-11H2,1-4H3,(H2,22,27). The molecular formula is C21H32N4O2. The lowest BCUT2D eigenvalue weighted by atomic mass is 9.45. The summed E-state index contributed by atoms with van der Waals surface area (Å²) in [6.45, 7) is 4.25. The average molecular weight is 373 g/mol. The topological polar surface area (TPSA) is 81.2 Å². The summed E-state index contributed by atoms with van der Waals surface area (Å²) in [5, 5.41) is 4.49. The van der Waals surface area contributed by atoms with Crippen molar-refractivity contribution in [3.05, 3.63) is 11.8 Å². The second kappa shape index (κ2) is 6.35. The molecule has 0 radical (unpaired) electrons. The fourth-order valence-electron chi connectivity index (χ4n) is 6.27. The molecule has 1 amide bonds. The minimum Gasteiger partial charge on any atom is -0.369 e. The van der Waals surface area contributed by atoms with E-state index >= 15 is 0 Å². The van der Waals surface area contributed by atoms with Crippen LogP contribution in [-0.2, 0) is 11.8 Å². The molecule has 5 rings (SSSR count). The number of hydrogen-bond acceptors (Lipinski definition) is 4. The van der Waals surface area contributed by atoms with Crippen molar-refractivity contribution in [1.29, 1.82) is 0 Å². The molecule has 1 aromatic rings. The monoisotopic (exact) mass is 372 g/mol. The van der Waals surface area contributed by atoms with E-state index in [-0.39, 0.29) is 17.1 Å². The van der Waals surface area contributed by atoms with Crippen LogP contribution in [0.3, 0.4) is 0 Å². The van der Waals surface area contributed by atoms with Crippen LogP contribution in [-0.4, -0.2) is 34.6 Å². The van der Waals surface area contributed by atoms with Crippen LogP contribution in [0.25, 0.3) is 0 Å². The molecule has 4 aliphatic carbocycles. The first-order valence-corrected chi connectivity index (χ1v) is 10.3. The lowest BCUT2D eigenvalue weighted by molar-refractivity contribution is -0.149. The molecule has 148 valence electrons. The number of rotatable bonds is 6. The van der Waals surface area contributed by atoms with Crippen molar-refractivity contribution in [2.24, 2.45) is 41.9 Å². The molecule has 6 nitrogen and oxygen atoms in total. The first-order valence-electron chi connectivity index (χ1n) is 10.3. The molecular weight excluding hydrogens is 340 g/mol. The van der Waals surface area contributed by atoms with Crippen LogP contribution >= 0.6 is 0 Å². The normalized spacial score (nSPS) is 34.3. The van der Waals surface area contributed by atoms with Crippen molar-refractivity contribution >= 4 is 17.5 Å². The molecule has 1 heterocycles. The Kier molecular flexibility index (Phi) is 4.35. The largest absolute Gasteiger partial charge is 0.369 e. The van der Waals surface area contributed by atoms with Crippen molar-refractivity contribution in [1.82, 2.24) is 9.78 Å². The summed E-state index contributed by atoms with van der Waals surface area (Å²) in [6, 6.07) is 2.27. The Morgan fingerprint density at radius 3 is 2.48 bits per heavy atom. The molecule has 4 fully saturated rings. The van der Waals surface area contributed by atoms with E-state index in [4.69, 9.17) is 5.73 Å². The average Bonchev–Trinajstić information content (AvgIpc) is 2.98. The number of carbonyl (C=O) groups is 2. The quantitative estimate of drug-likeness (QED) is 0.779. The van der Waals surface area contributed by atoms with E-state index in [1.165, 1.54) is 0 Å². The summed E-state index contributed by atoms with van der Waals surface area (Å²) in [4.78, 5) is 27.3. The molecule has 2 atom stereocenters.